The summed E-state index contributed by atoms with van der Waals surface area (Å²) in [5.74, 6) is 0. The van der Waals surface area contributed by atoms with Gasteiger partial charge in [0.25, 0.3) is 0 Å². The fraction of sp³-hybridized carbons (Fsp3) is 0.462. The van der Waals surface area contributed by atoms with E-state index in [0.29, 0.717) is 0 Å². The van der Waals surface area contributed by atoms with E-state index in [1.165, 1.54) is 16.7 Å². The van der Waals surface area contributed by atoms with Crippen molar-refractivity contribution in [3.05, 3.63) is 28.3 Å². The highest BCUT2D eigenvalue weighted by Crippen LogP contribution is 2.42. The molecular weight excluding hydrogens is 216 g/mol. The summed E-state index contributed by atoms with van der Waals surface area (Å²) in [6.45, 7) is 0. The van der Waals surface area contributed by atoms with Crippen LogP contribution in [0.4, 0.5) is 10.5 Å². The number of hydrogen-bond donors (Lipinski definition) is 3. The molecule has 0 aromatic heterocycles. The number of hydrogen-bond acceptors (Lipinski definition) is 2. The Hall–Kier alpha value is -1.55. The third-order valence-electron chi connectivity index (χ3n) is 3.79. The van der Waals surface area contributed by atoms with Gasteiger partial charge in [0, 0.05) is 5.56 Å². The lowest BCUT2D eigenvalue weighted by Gasteiger charge is -2.16. The van der Waals surface area contributed by atoms with E-state index in [4.69, 9.17) is 5.73 Å². The molecule has 17 heavy (non-hydrogen) atoms. The Balaban J connectivity index is 2.18. The van der Waals surface area contributed by atoms with Gasteiger partial charge >= 0.3 is 6.03 Å². The quantitative estimate of drug-likeness (QED) is 0.688. The number of rotatable bonds is 1. The van der Waals surface area contributed by atoms with Gasteiger partial charge in [-0.1, -0.05) is 6.07 Å². The largest absolute Gasteiger partial charge is 0.388 e. The maximum atomic E-state index is 11.1. The fourth-order valence-corrected chi connectivity index (χ4v) is 3.11. The Bertz CT molecular complexity index is 497. The Labute approximate surface area is 99.8 Å². The molecule has 0 aliphatic heterocycles. The van der Waals surface area contributed by atoms with Crippen molar-refractivity contribution in [2.24, 2.45) is 5.73 Å². The van der Waals surface area contributed by atoms with Crippen LogP contribution in [0.15, 0.2) is 6.07 Å². The summed E-state index contributed by atoms with van der Waals surface area (Å²) >= 11 is 0. The van der Waals surface area contributed by atoms with Gasteiger partial charge in [-0.3, -0.25) is 0 Å². The van der Waals surface area contributed by atoms with E-state index in [1.54, 1.807) is 0 Å². The summed E-state index contributed by atoms with van der Waals surface area (Å²) in [5.41, 5.74) is 10.5. The summed E-state index contributed by atoms with van der Waals surface area (Å²) in [5, 5.41) is 12.7. The molecule has 1 atom stereocenters. The molecule has 0 saturated heterocycles. The number of urea groups is 1. The van der Waals surface area contributed by atoms with Crippen molar-refractivity contribution in [1.82, 2.24) is 0 Å². The van der Waals surface area contributed by atoms with Crippen LogP contribution in [0.1, 0.15) is 41.2 Å². The zero-order chi connectivity index (χ0) is 12.0. The number of anilines is 1. The topological polar surface area (TPSA) is 75.4 Å². The lowest BCUT2D eigenvalue weighted by molar-refractivity contribution is 0.180. The van der Waals surface area contributed by atoms with Crippen LogP contribution in [-0.2, 0) is 19.3 Å². The van der Waals surface area contributed by atoms with Crippen molar-refractivity contribution in [3.63, 3.8) is 0 Å². The smallest absolute Gasteiger partial charge is 0.316 e. The molecule has 0 spiro atoms. The number of carbonyl (C=O) groups is 1. The molecule has 4 N–H and O–H groups in total. The van der Waals surface area contributed by atoms with E-state index in [9.17, 15) is 9.90 Å². The zero-order valence-electron chi connectivity index (χ0n) is 9.62. The second kappa shape index (κ2) is 3.74. The Kier molecular flexibility index (Phi) is 2.33. The van der Waals surface area contributed by atoms with E-state index in [2.05, 4.69) is 11.4 Å². The lowest BCUT2D eigenvalue weighted by Crippen LogP contribution is -2.21. The molecule has 4 heteroatoms. The first-order chi connectivity index (χ1) is 8.16. The van der Waals surface area contributed by atoms with Crippen LogP contribution in [0.3, 0.4) is 0 Å². The molecule has 0 saturated carbocycles. The number of nitrogens with two attached hydrogens (primary N) is 1. The van der Waals surface area contributed by atoms with Gasteiger partial charge < -0.3 is 16.2 Å². The minimum absolute atomic E-state index is 0.460. The molecular formula is C13H16N2O2. The highest BCUT2D eigenvalue weighted by Gasteiger charge is 2.29. The summed E-state index contributed by atoms with van der Waals surface area (Å²) in [7, 11) is 0. The van der Waals surface area contributed by atoms with Crippen LogP contribution in [0.25, 0.3) is 0 Å². The summed E-state index contributed by atoms with van der Waals surface area (Å²) in [6.07, 6.45) is 4.31. The molecule has 1 unspecified atom stereocenters. The first-order valence-corrected chi connectivity index (χ1v) is 6.09. The highest BCUT2D eigenvalue weighted by molar-refractivity contribution is 5.91. The molecule has 2 aliphatic rings. The van der Waals surface area contributed by atoms with E-state index < -0.39 is 12.1 Å². The van der Waals surface area contributed by atoms with E-state index >= 15 is 0 Å². The number of nitrogens with one attached hydrogen (secondary N) is 1. The predicted molar refractivity (Wildman–Crippen MR) is 65.0 cm³/mol. The van der Waals surface area contributed by atoms with Crippen LogP contribution in [-0.4, -0.2) is 11.1 Å². The average molecular weight is 232 g/mol. The third-order valence-corrected chi connectivity index (χ3v) is 3.79. The average Bonchev–Trinajstić information content (AvgIpc) is 2.85. The van der Waals surface area contributed by atoms with Crippen molar-refractivity contribution >= 4 is 11.7 Å². The molecule has 0 radical (unpaired) electrons. The van der Waals surface area contributed by atoms with Crippen molar-refractivity contribution in [2.45, 2.75) is 38.2 Å². The number of benzene rings is 1. The van der Waals surface area contributed by atoms with Gasteiger partial charge in [-0.2, -0.15) is 0 Å². The van der Waals surface area contributed by atoms with Gasteiger partial charge in [0.15, 0.2) is 0 Å². The number of aliphatic hydroxyl groups is 1. The second-order valence-corrected chi connectivity index (χ2v) is 4.86. The molecule has 3 rings (SSSR count). The number of amides is 2. The number of aryl methyl sites for hydroxylation is 2. The van der Waals surface area contributed by atoms with Gasteiger partial charge in [0.1, 0.15) is 0 Å². The Morgan fingerprint density at radius 2 is 2.18 bits per heavy atom. The predicted octanol–water partition coefficient (Wildman–Crippen LogP) is 1.65. The summed E-state index contributed by atoms with van der Waals surface area (Å²) in [4.78, 5) is 11.1. The van der Waals surface area contributed by atoms with Crippen LogP contribution in [0.5, 0.6) is 0 Å². The molecule has 2 aliphatic carbocycles. The van der Waals surface area contributed by atoms with Gasteiger partial charge in [-0.15, -0.1) is 0 Å². The molecule has 90 valence electrons. The number of aliphatic hydroxyl groups excluding tert-OH is 1. The van der Waals surface area contributed by atoms with Gasteiger partial charge in [0.05, 0.1) is 11.8 Å². The minimum Gasteiger partial charge on any atom is -0.388 e. The van der Waals surface area contributed by atoms with Crippen molar-refractivity contribution in [3.8, 4) is 0 Å². The Morgan fingerprint density at radius 1 is 1.35 bits per heavy atom. The lowest BCUT2D eigenvalue weighted by atomic mass is 9.98. The van der Waals surface area contributed by atoms with Gasteiger partial charge in [-0.25, -0.2) is 4.79 Å². The van der Waals surface area contributed by atoms with Crippen LogP contribution in [0, 0.1) is 0 Å². The van der Waals surface area contributed by atoms with Crippen LogP contribution < -0.4 is 11.1 Å². The highest BCUT2D eigenvalue weighted by atomic mass is 16.3. The molecule has 1 aromatic carbocycles. The molecule has 0 bridgehead atoms. The van der Waals surface area contributed by atoms with Crippen LogP contribution >= 0.6 is 0 Å². The van der Waals surface area contributed by atoms with Crippen molar-refractivity contribution < 1.29 is 9.90 Å². The van der Waals surface area contributed by atoms with Gasteiger partial charge in [0.2, 0.25) is 0 Å². The van der Waals surface area contributed by atoms with Crippen LogP contribution in [0.2, 0.25) is 0 Å². The third kappa shape index (κ3) is 1.60. The van der Waals surface area contributed by atoms with Crippen molar-refractivity contribution in [2.75, 3.05) is 5.32 Å². The first kappa shape index (κ1) is 10.6. The maximum Gasteiger partial charge on any atom is 0.316 e. The second-order valence-electron chi connectivity index (χ2n) is 4.86. The molecule has 4 nitrogen and oxygen atoms in total. The standard InChI is InChI=1S/C13H16N2O2/c14-13(17)15-12-9-3-1-2-7(9)6-8-4-5-10(16)11(8)12/h6,10,16H,1-5H2,(H3,14,15,17). The monoisotopic (exact) mass is 232 g/mol. The molecule has 2 amide bonds. The van der Waals surface area contributed by atoms with E-state index in [1.807, 2.05) is 0 Å². The van der Waals surface area contributed by atoms with E-state index in [-0.39, 0.29) is 0 Å². The first-order valence-electron chi connectivity index (χ1n) is 6.09. The number of carbonyl (C=O) groups excluding carboxylic acids is 1. The van der Waals surface area contributed by atoms with Crippen molar-refractivity contribution in [1.29, 1.82) is 0 Å². The molecule has 0 heterocycles. The van der Waals surface area contributed by atoms with Gasteiger partial charge in [-0.05, 0) is 48.8 Å². The minimum atomic E-state index is -0.549. The number of fused-ring (bicyclic) bond motifs is 2. The Morgan fingerprint density at radius 3 is 2.94 bits per heavy atom. The molecule has 1 aromatic rings. The SMILES string of the molecule is NC(=O)Nc1c2c(cc3c1C(O)CC3)CCC2. The summed E-state index contributed by atoms with van der Waals surface area (Å²) in [6, 6.07) is 1.65. The fourth-order valence-electron chi connectivity index (χ4n) is 3.11. The number of primary amides is 1. The molecule has 0 fully saturated rings. The normalized spacial score (nSPS) is 21.1. The summed E-state index contributed by atoms with van der Waals surface area (Å²) < 4.78 is 0. The zero-order valence-corrected chi connectivity index (χ0v) is 9.62. The van der Waals surface area contributed by atoms with E-state index in [0.717, 1.165) is 43.4 Å². The maximum absolute atomic E-state index is 11.1.